The van der Waals surface area contributed by atoms with E-state index in [2.05, 4.69) is 32.4 Å². The minimum Gasteiger partial charge on any atom is -0.370 e. The van der Waals surface area contributed by atoms with Gasteiger partial charge in [0.15, 0.2) is 5.96 Å². The molecule has 0 atom stereocenters. The van der Waals surface area contributed by atoms with Crippen LogP contribution in [-0.2, 0) is 6.54 Å². The van der Waals surface area contributed by atoms with Crippen molar-refractivity contribution in [1.29, 1.82) is 0 Å². The lowest BCUT2D eigenvalue weighted by Gasteiger charge is -2.17. The van der Waals surface area contributed by atoms with Gasteiger partial charge < -0.3 is 10.6 Å². The maximum atomic E-state index is 5.84. The fourth-order valence-corrected chi connectivity index (χ4v) is 2.62. The van der Waals surface area contributed by atoms with E-state index in [1.807, 2.05) is 25.8 Å². The Morgan fingerprint density at radius 3 is 2.80 bits per heavy atom. The van der Waals surface area contributed by atoms with E-state index in [0.29, 0.717) is 5.96 Å². The molecule has 84 valence electrons. The molecular formula is C10H16BrN3S. The highest BCUT2D eigenvalue weighted by Gasteiger charge is 2.05. The van der Waals surface area contributed by atoms with Crippen LogP contribution < -0.4 is 5.73 Å². The van der Waals surface area contributed by atoms with Crippen LogP contribution in [-0.4, -0.2) is 23.9 Å². The summed E-state index contributed by atoms with van der Waals surface area (Å²) in [5.41, 5.74) is 5.84. The second kappa shape index (κ2) is 5.51. The highest BCUT2D eigenvalue weighted by molar-refractivity contribution is 9.10. The summed E-state index contributed by atoms with van der Waals surface area (Å²) in [5, 5.41) is 2.07. The highest BCUT2D eigenvalue weighted by atomic mass is 79.9. The zero-order chi connectivity index (χ0) is 11.4. The predicted octanol–water partition coefficient (Wildman–Crippen LogP) is 2.67. The fourth-order valence-electron chi connectivity index (χ4n) is 1.11. The van der Waals surface area contributed by atoms with Crippen LogP contribution in [0.3, 0.4) is 0 Å². The molecule has 5 heteroatoms. The molecule has 0 saturated heterocycles. The van der Waals surface area contributed by atoms with E-state index in [-0.39, 0.29) is 6.04 Å². The second-order valence-electron chi connectivity index (χ2n) is 3.67. The van der Waals surface area contributed by atoms with Gasteiger partial charge in [-0.25, -0.2) is 0 Å². The van der Waals surface area contributed by atoms with Crippen molar-refractivity contribution in [3.8, 4) is 0 Å². The number of nitrogens with zero attached hydrogens (tertiary/aromatic N) is 2. The number of rotatable bonds is 3. The lowest BCUT2D eigenvalue weighted by molar-refractivity contribution is 0.494. The first kappa shape index (κ1) is 12.5. The van der Waals surface area contributed by atoms with Crippen molar-refractivity contribution in [3.63, 3.8) is 0 Å². The average molecular weight is 290 g/mol. The maximum absolute atomic E-state index is 5.84. The van der Waals surface area contributed by atoms with Crippen LogP contribution in [0.1, 0.15) is 18.7 Å². The molecular weight excluding hydrogens is 274 g/mol. The Morgan fingerprint density at radius 2 is 2.33 bits per heavy atom. The molecule has 0 spiro atoms. The molecule has 0 unspecified atom stereocenters. The van der Waals surface area contributed by atoms with E-state index in [0.717, 1.165) is 11.0 Å². The normalized spacial score (nSPS) is 12.2. The van der Waals surface area contributed by atoms with Crippen LogP contribution in [0.15, 0.2) is 20.9 Å². The third-order valence-electron chi connectivity index (χ3n) is 1.80. The number of guanidine groups is 1. The van der Waals surface area contributed by atoms with E-state index in [1.165, 1.54) is 4.88 Å². The Labute approximate surface area is 103 Å². The van der Waals surface area contributed by atoms with E-state index in [1.54, 1.807) is 11.3 Å². The minimum atomic E-state index is 0.238. The molecule has 0 aliphatic heterocycles. The van der Waals surface area contributed by atoms with Gasteiger partial charge in [0, 0.05) is 27.8 Å². The van der Waals surface area contributed by atoms with Gasteiger partial charge in [0.25, 0.3) is 0 Å². The number of nitrogens with two attached hydrogens (primary N) is 1. The SMILES string of the molecule is CC(C)N=C(N)N(C)Cc1cc(Br)cs1. The lowest BCUT2D eigenvalue weighted by atomic mass is 10.4. The number of hydrogen-bond donors (Lipinski definition) is 1. The average Bonchev–Trinajstić information content (AvgIpc) is 2.50. The molecule has 0 radical (unpaired) electrons. The zero-order valence-electron chi connectivity index (χ0n) is 9.20. The molecule has 15 heavy (non-hydrogen) atoms. The first-order valence-electron chi connectivity index (χ1n) is 4.76. The van der Waals surface area contributed by atoms with Gasteiger partial charge in [0.2, 0.25) is 0 Å². The molecule has 0 bridgehead atoms. The van der Waals surface area contributed by atoms with Crippen molar-refractivity contribution in [3.05, 3.63) is 20.8 Å². The van der Waals surface area contributed by atoms with Crippen molar-refractivity contribution < 1.29 is 0 Å². The predicted molar refractivity (Wildman–Crippen MR) is 70.2 cm³/mol. The molecule has 1 aromatic rings. The zero-order valence-corrected chi connectivity index (χ0v) is 11.6. The van der Waals surface area contributed by atoms with Gasteiger partial charge in [-0.05, 0) is 35.8 Å². The third kappa shape index (κ3) is 4.22. The largest absolute Gasteiger partial charge is 0.370 e. The van der Waals surface area contributed by atoms with Gasteiger partial charge in [-0.15, -0.1) is 11.3 Å². The first-order chi connectivity index (χ1) is 6.99. The van der Waals surface area contributed by atoms with Gasteiger partial charge in [-0.1, -0.05) is 0 Å². The summed E-state index contributed by atoms with van der Waals surface area (Å²) in [4.78, 5) is 7.52. The second-order valence-corrected chi connectivity index (χ2v) is 5.58. The topological polar surface area (TPSA) is 41.6 Å². The molecule has 0 fully saturated rings. The van der Waals surface area contributed by atoms with Gasteiger partial charge in [0.1, 0.15) is 0 Å². The van der Waals surface area contributed by atoms with E-state index in [9.17, 15) is 0 Å². The Morgan fingerprint density at radius 1 is 1.67 bits per heavy atom. The van der Waals surface area contributed by atoms with Crippen molar-refractivity contribution >= 4 is 33.2 Å². The fraction of sp³-hybridized carbons (Fsp3) is 0.500. The molecule has 3 nitrogen and oxygen atoms in total. The molecule has 1 rings (SSSR count). The Balaban J connectivity index is 2.59. The molecule has 0 saturated carbocycles. The smallest absolute Gasteiger partial charge is 0.191 e. The quantitative estimate of drug-likeness (QED) is 0.687. The molecule has 0 aliphatic carbocycles. The monoisotopic (exact) mass is 289 g/mol. The number of halogens is 1. The van der Waals surface area contributed by atoms with Crippen LogP contribution in [0, 0.1) is 0 Å². The maximum Gasteiger partial charge on any atom is 0.191 e. The number of aliphatic imine (C=N–C) groups is 1. The van der Waals surface area contributed by atoms with Crippen molar-refractivity contribution in [1.82, 2.24) is 4.90 Å². The summed E-state index contributed by atoms with van der Waals surface area (Å²) in [6.07, 6.45) is 0. The Kier molecular flexibility index (Phi) is 4.60. The summed E-state index contributed by atoms with van der Waals surface area (Å²) in [5.74, 6) is 0.592. The van der Waals surface area contributed by atoms with Gasteiger partial charge in [-0.3, -0.25) is 4.99 Å². The van der Waals surface area contributed by atoms with Crippen LogP contribution in [0.2, 0.25) is 0 Å². The van der Waals surface area contributed by atoms with Crippen LogP contribution in [0.5, 0.6) is 0 Å². The standard InChI is InChI=1S/C10H16BrN3S/c1-7(2)13-10(12)14(3)5-9-4-8(11)6-15-9/h4,6-7H,5H2,1-3H3,(H2,12,13). The van der Waals surface area contributed by atoms with Crippen LogP contribution in [0.4, 0.5) is 0 Å². The first-order valence-corrected chi connectivity index (χ1v) is 6.43. The van der Waals surface area contributed by atoms with Crippen LogP contribution >= 0.6 is 27.3 Å². The van der Waals surface area contributed by atoms with E-state index in [4.69, 9.17) is 5.73 Å². The Bertz CT molecular complexity index is 346. The molecule has 1 heterocycles. The highest BCUT2D eigenvalue weighted by Crippen LogP contribution is 2.20. The van der Waals surface area contributed by atoms with E-state index >= 15 is 0 Å². The van der Waals surface area contributed by atoms with Gasteiger partial charge in [-0.2, -0.15) is 0 Å². The lowest BCUT2D eigenvalue weighted by Crippen LogP contribution is -2.34. The number of thiophene rings is 1. The Hall–Kier alpha value is -0.550. The van der Waals surface area contributed by atoms with Gasteiger partial charge >= 0.3 is 0 Å². The van der Waals surface area contributed by atoms with Crippen molar-refractivity contribution in [2.45, 2.75) is 26.4 Å². The van der Waals surface area contributed by atoms with Crippen molar-refractivity contribution in [2.75, 3.05) is 7.05 Å². The molecule has 2 N–H and O–H groups in total. The summed E-state index contributed by atoms with van der Waals surface area (Å²) in [7, 11) is 1.95. The van der Waals surface area contributed by atoms with Crippen molar-refractivity contribution in [2.24, 2.45) is 10.7 Å². The minimum absolute atomic E-state index is 0.238. The van der Waals surface area contributed by atoms with Crippen LogP contribution in [0.25, 0.3) is 0 Å². The summed E-state index contributed by atoms with van der Waals surface area (Å²) in [6.45, 7) is 4.84. The molecule has 0 aliphatic rings. The van der Waals surface area contributed by atoms with E-state index < -0.39 is 0 Å². The summed E-state index contributed by atoms with van der Waals surface area (Å²) < 4.78 is 1.12. The molecule has 0 aromatic carbocycles. The van der Waals surface area contributed by atoms with Gasteiger partial charge in [0.05, 0.1) is 6.54 Å². The molecule has 1 aromatic heterocycles. The molecule has 0 amide bonds. The number of hydrogen-bond acceptors (Lipinski definition) is 2. The summed E-state index contributed by atoms with van der Waals surface area (Å²) >= 11 is 5.14. The third-order valence-corrected chi connectivity index (χ3v) is 3.48. The summed E-state index contributed by atoms with van der Waals surface area (Å²) in [6, 6.07) is 2.34.